The van der Waals surface area contributed by atoms with Crippen molar-refractivity contribution in [3.05, 3.63) is 71.2 Å². The number of nitrogens with one attached hydrogen (secondary N) is 2. The summed E-state index contributed by atoms with van der Waals surface area (Å²) in [5.41, 5.74) is 5.21. The predicted octanol–water partition coefficient (Wildman–Crippen LogP) is 4.55. The number of thiazole rings is 1. The zero-order valence-electron chi connectivity index (χ0n) is 18.2. The SMILES string of the molecule is CC(=O)NCCCc1ccc(-c2csc(NC(=O)Cc3cn(C)c4ccccc34)n2)cc1. The van der Waals surface area contributed by atoms with E-state index in [4.69, 9.17) is 0 Å². The molecule has 164 valence electrons. The van der Waals surface area contributed by atoms with Crippen molar-refractivity contribution < 1.29 is 9.59 Å². The molecule has 2 amide bonds. The maximum atomic E-state index is 12.6. The standard InChI is InChI=1S/C25H26N4O2S/c1-17(30)26-13-5-6-18-9-11-19(12-10-18)22-16-32-25(27-22)28-24(31)14-20-15-29(2)23-8-4-3-7-21(20)23/h3-4,7-12,15-16H,5-6,13-14H2,1-2H3,(H,26,30)(H,27,28,31). The number of anilines is 1. The van der Waals surface area contributed by atoms with E-state index in [-0.39, 0.29) is 11.8 Å². The normalized spacial score (nSPS) is 10.9. The van der Waals surface area contributed by atoms with Crippen LogP contribution < -0.4 is 10.6 Å². The number of aromatic nitrogens is 2. The largest absolute Gasteiger partial charge is 0.356 e. The average Bonchev–Trinajstić information content (AvgIpc) is 3.36. The summed E-state index contributed by atoms with van der Waals surface area (Å²) in [5, 5.41) is 9.41. The number of rotatable bonds is 8. The highest BCUT2D eigenvalue weighted by atomic mass is 32.1. The van der Waals surface area contributed by atoms with Crippen molar-refractivity contribution >= 4 is 39.2 Å². The summed E-state index contributed by atoms with van der Waals surface area (Å²) in [7, 11) is 1.99. The van der Waals surface area contributed by atoms with Gasteiger partial charge in [-0.15, -0.1) is 11.3 Å². The van der Waals surface area contributed by atoms with Gasteiger partial charge in [-0.25, -0.2) is 4.98 Å². The number of hydrogen-bond donors (Lipinski definition) is 2. The van der Waals surface area contributed by atoms with Crippen LogP contribution in [0.15, 0.2) is 60.1 Å². The van der Waals surface area contributed by atoms with E-state index in [9.17, 15) is 9.59 Å². The van der Waals surface area contributed by atoms with E-state index in [0.29, 0.717) is 18.1 Å². The second kappa shape index (κ2) is 9.78. The van der Waals surface area contributed by atoms with Crippen molar-refractivity contribution in [1.82, 2.24) is 14.9 Å². The summed E-state index contributed by atoms with van der Waals surface area (Å²) in [5.74, 6) is -0.0688. The van der Waals surface area contributed by atoms with E-state index in [2.05, 4.69) is 33.8 Å². The Hall–Kier alpha value is -3.45. The number of para-hydroxylation sites is 1. The highest BCUT2D eigenvalue weighted by Crippen LogP contribution is 2.26. The van der Waals surface area contributed by atoms with Gasteiger partial charge in [0.1, 0.15) is 0 Å². The highest BCUT2D eigenvalue weighted by molar-refractivity contribution is 7.14. The molecular formula is C25H26N4O2S. The number of fused-ring (bicyclic) bond motifs is 1. The van der Waals surface area contributed by atoms with E-state index in [0.717, 1.165) is 40.6 Å². The Labute approximate surface area is 191 Å². The van der Waals surface area contributed by atoms with Crippen LogP contribution in [0.25, 0.3) is 22.2 Å². The number of carbonyl (C=O) groups excluding carboxylic acids is 2. The van der Waals surface area contributed by atoms with Gasteiger partial charge in [0.2, 0.25) is 11.8 Å². The van der Waals surface area contributed by atoms with Crippen LogP contribution >= 0.6 is 11.3 Å². The van der Waals surface area contributed by atoms with Crippen molar-refractivity contribution in [3.63, 3.8) is 0 Å². The van der Waals surface area contributed by atoms with Crippen LogP contribution in [0.5, 0.6) is 0 Å². The van der Waals surface area contributed by atoms with Gasteiger partial charge in [-0.05, 0) is 30.0 Å². The molecule has 0 aliphatic rings. The van der Waals surface area contributed by atoms with Gasteiger partial charge in [-0.1, -0.05) is 42.5 Å². The molecule has 32 heavy (non-hydrogen) atoms. The Morgan fingerprint density at radius 2 is 1.88 bits per heavy atom. The van der Waals surface area contributed by atoms with Gasteiger partial charge in [0, 0.05) is 48.6 Å². The molecule has 4 rings (SSSR count). The van der Waals surface area contributed by atoms with Crippen LogP contribution in [0.3, 0.4) is 0 Å². The third kappa shape index (κ3) is 5.23. The Balaban J connectivity index is 1.35. The third-order valence-electron chi connectivity index (χ3n) is 5.35. The number of amides is 2. The number of benzene rings is 2. The quantitative estimate of drug-likeness (QED) is 0.390. The lowest BCUT2D eigenvalue weighted by atomic mass is 10.1. The summed E-state index contributed by atoms with van der Waals surface area (Å²) < 4.78 is 2.04. The molecule has 2 aromatic carbocycles. The topological polar surface area (TPSA) is 76.0 Å². The zero-order valence-corrected chi connectivity index (χ0v) is 19.0. The van der Waals surface area contributed by atoms with Crippen LogP contribution in [0, 0.1) is 0 Å². The van der Waals surface area contributed by atoms with Crippen LogP contribution in [-0.2, 0) is 29.5 Å². The van der Waals surface area contributed by atoms with Crippen LogP contribution in [0.4, 0.5) is 5.13 Å². The van der Waals surface area contributed by atoms with Gasteiger partial charge in [0.25, 0.3) is 0 Å². The van der Waals surface area contributed by atoms with Crippen molar-refractivity contribution in [2.24, 2.45) is 7.05 Å². The number of carbonyl (C=O) groups is 2. The van der Waals surface area contributed by atoms with Crippen LogP contribution in [0.2, 0.25) is 0 Å². The molecule has 0 fully saturated rings. The summed E-state index contributed by atoms with van der Waals surface area (Å²) >= 11 is 1.43. The van der Waals surface area contributed by atoms with Crippen molar-refractivity contribution in [2.75, 3.05) is 11.9 Å². The van der Waals surface area contributed by atoms with Crippen molar-refractivity contribution in [1.29, 1.82) is 0 Å². The first-order valence-electron chi connectivity index (χ1n) is 10.6. The average molecular weight is 447 g/mol. The van der Waals surface area contributed by atoms with Gasteiger partial charge in [0.15, 0.2) is 5.13 Å². The fourth-order valence-electron chi connectivity index (χ4n) is 3.77. The van der Waals surface area contributed by atoms with Crippen molar-refractivity contribution in [2.45, 2.75) is 26.2 Å². The molecule has 0 saturated heterocycles. The number of aryl methyl sites for hydroxylation is 2. The molecule has 2 heterocycles. The smallest absolute Gasteiger partial charge is 0.230 e. The minimum absolute atomic E-state index is 0.00361. The van der Waals surface area contributed by atoms with Gasteiger partial charge in [0.05, 0.1) is 12.1 Å². The Bertz CT molecular complexity index is 1240. The minimum atomic E-state index is -0.0724. The molecule has 0 bridgehead atoms. The molecule has 0 spiro atoms. The molecule has 0 aliphatic carbocycles. The Morgan fingerprint density at radius 3 is 2.66 bits per heavy atom. The zero-order chi connectivity index (χ0) is 22.5. The van der Waals surface area contributed by atoms with Gasteiger partial charge < -0.3 is 15.2 Å². The maximum absolute atomic E-state index is 12.6. The molecule has 0 radical (unpaired) electrons. The molecular weight excluding hydrogens is 420 g/mol. The predicted molar refractivity (Wildman–Crippen MR) is 130 cm³/mol. The molecule has 6 nitrogen and oxygen atoms in total. The molecule has 2 N–H and O–H groups in total. The lowest BCUT2D eigenvalue weighted by Crippen LogP contribution is -2.21. The molecule has 0 unspecified atom stereocenters. The summed E-state index contributed by atoms with van der Waals surface area (Å²) in [6.07, 6.45) is 4.13. The minimum Gasteiger partial charge on any atom is -0.356 e. The third-order valence-corrected chi connectivity index (χ3v) is 6.10. The molecule has 0 saturated carbocycles. The molecule has 0 aliphatic heterocycles. The molecule has 7 heteroatoms. The van der Waals surface area contributed by atoms with E-state index in [1.807, 2.05) is 53.5 Å². The lowest BCUT2D eigenvalue weighted by Gasteiger charge is -2.04. The van der Waals surface area contributed by atoms with Crippen LogP contribution in [0.1, 0.15) is 24.5 Å². The summed E-state index contributed by atoms with van der Waals surface area (Å²) in [6.45, 7) is 2.22. The first kappa shape index (κ1) is 21.8. The molecule has 4 aromatic rings. The number of hydrogen-bond acceptors (Lipinski definition) is 4. The fraction of sp³-hybridized carbons (Fsp3) is 0.240. The molecule has 0 atom stereocenters. The molecule has 2 aromatic heterocycles. The van der Waals surface area contributed by atoms with Gasteiger partial charge in [-0.3, -0.25) is 9.59 Å². The van der Waals surface area contributed by atoms with Crippen LogP contribution in [-0.4, -0.2) is 27.9 Å². The lowest BCUT2D eigenvalue weighted by molar-refractivity contribution is -0.119. The van der Waals surface area contributed by atoms with E-state index < -0.39 is 0 Å². The van der Waals surface area contributed by atoms with E-state index in [1.54, 1.807) is 0 Å². The number of nitrogens with zero attached hydrogens (tertiary/aromatic N) is 2. The first-order valence-corrected chi connectivity index (χ1v) is 11.5. The monoisotopic (exact) mass is 446 g/mol. The van der Waals surface area contributed by atoms with Gasteiger partial charge in [-0.2, -0.15) is 0 Å². The summed E-state index contributed by atoms with van der Waals surface area (Å²) in [6, 6.07) is 16.4. The van der Waals surface area contributed by atoms with Gasteiger partial charge >= 0.3 is 0 Å². The second-order valence-electron chi connectivity index (χ2n) is 7.83. The second-order valence-corrected chi connectivity index (χ2v) is 8.69. The Morgan fingerprint density at radius 1 is 1.09 bits per heavy atom. The van der Waals surface area contributed by atoms with E-state index >= 15 is 0 Å². The highest BCUT2D eigenvalue weighted by Gasteiger charge is 2.12. The van der Waals surface area contributed by atoms with E-state index in [1.165, 1.54) is 23.8 Å². The van der Waals surface area contributed by atoms with Crippen molar-refractivity contribution in [3.8, 4) is 11.3 Å². The fourth-order valence-corrected chi connectivity index (χ4v) is 4.50. The Kier molecular flexibility index (Phi) is 6.66. The maximum Gasteiger partial charge on any atom is 0.230 e. The first-order chi connectivity index (χ1) is 15.5. The summed E-state index contributed by atoms with van der Waals surface area (Å²) in [4.78, 5) is 28.1.